The molecule has 1 saturated heterocycles. The minimum absolute atomic E-state index is 0. The van der Waals surface area contributed by atoms with Gasteiger partial charge in [0.1, 0.15) is 5.75 Å². The number of hydrogen-bond acceptors (Lipinski definition) is 6. The van der Waals surface area contributed by atoms with Crippen LogP contribution in [0.1, 0.15) is 11.6 Å². The second-order valence-corrected chi connectivity index (χ2v) is 7.20. The van der Waals surface area contributed by atoms with Crippen LogP contribution < -0.4 is 15.0 Å². The third-order valence-corrected chi connectivity index (χ3v) is 5.20. The second-order valence-electron chi connectivity index (χ2n) is 7.20. The maximum atomic E-state index is 5.28. The van der Waals surface area contributed by atoms with Crippen molar-refractivity contribution in [2.24, 2.45) is 4.99 Å². The quantitative estimate of drug-likeness (QED) is 0.352. The van der Waals surface area contributed by atoms with E-state index in [1.807, 2.05) is 25.2 Å². The maximum absolute atomic E-state index is 5.28. The molecule has 1 atom stereocenters. The SMILES string of the molecule is CN=C(NCC(c1ccc(OC)cc1)N(C)C)N1CCN(c2ncccn2)CC1.I. The van der Waals surface area contributed by atoms with E-state index >= 15 is 0 Å². The molecule has 1 fully saturated rings. The van der Waals surface area contributed by atoms with Gasteiger partial charge in [-0.25, -0.2) is 9.97 Å². The van der Waals surface area contributed by atoms with E-state index in [2.05, 4.69) is 61.2 Å². The summed E-state index contributed by atoms with van der Waals surface area (Å²) >= 11 is 0. The molecule has 8 nitrogen and oxygen atoms in total. The van der Waals surface area contributed by atoms with Crippen molar-refractivity contribution in [1.29, 1.82) is 0 Å². The molecule has 0 aliphatic carbocycles. The fraction of sp³-hybridized carbons (Fsp3) is 0.476. The van der Waals surface area contributed by atoms with Crippen molar-refractivity contribution in [1.82, 2.24) is 25.1 Å². The smallest absolute Gasteiger partial charge is 0.225 e. The molecule has 9 heteroatoms. The van der Waals surface area contributed by atoms with Gasteiger partial charge >= 0.3 is 0 Å². The van der Waals surface area contributed by atoms with Gasteiger partial charge in [0.25, 0.3) is 0 Å². The standard InChI is InChI=1S/C21H31N7O.HI/c1-22-20(27-12-14-28(15-13-27)21-23-10-5-11-24-21)25-16-19(26(2)3)17-6-8-18(29-4)9-7-17;/h5-11,19H,12-16H2,1-4H3,(H,22,25);1H. The van der Waals surface area contributed by atoms with Gasteiger partial charge in [0, 0.05) is 52.2 Å². The highest BCUT2D eigenvalue weighted by Crippen LogP contribution is 2.21. The third-order valence-electron chi connectivity index (χ3n) is 5.20. The van der Waals surface area contributed by atoms with E-state index in [1.54, 1.807) is 19.5 Å². The lowest BCUT2D eigenvalue weighted by molar-refractivity contribution is 0.292. The predicted molar refractivity (Wildman–Crippen MR) is 132 cm³/mol. The summed E-state index contributed by atoms with van der Waals surface area (Å²) < 4.78 is 5.28. The largest absolute Gasteiger partial charge is 0.497 e. The zero-order valence-corrected chi connectivity index (χ0v) is 20.5. The molecule has 0 bridgehead atoms. The molecule has 0 saturated carbocycles. The number of ether oxygens (including phenoxy) is 1. The maximum Gasteiger partial charge on any atom is 0.225 e. The number of likely N-dealkylation sites (N-methyl/N-ethyl adjacent to an activating group) is 1. The first-order chi connectivity index (χ1) is 14.1. The lowest BCUT2D eigenvalue weighted by Crippen LogP contribution is -2.53. The average molecular weight is 525 g/mol. The zero-order chi connectivity index (χ0) is 20.6. The minimum Gasteiger partial charge on any atom is -0.497 e. The van der Waals surface area contributed by atoms with Gasteiger partial charge in [-0.3, -0.25) is 4.99 Å². The van der Waals surface area contributed by atoms with E-state index in [4.69, 9.17) is 4.74 Å². The lowest BCUT2D eigenvalue weighted by atomic mass is 10.1. The lowest BCUT2D eigenvalue weighted by Gasteiger charge is -2.37. The van der Waals surface area contributed by atoms with Gasteiger partial charge in [0.05, 0.1) is 13.2 Å². The number of methoxy groups -OCH3 is 1. The molecule has 3 rings (SSSR count). The van der Waals surface area contributed by atoms with Gasteiger partial charge in [-0.2, -0.15) is 0 Å². The molecule has 1 aromatic heterocycles. The highest BCUT2D eigenvalue weighted by atomic mass is 127. The Morgan fingerprint density at radius 1 is 1.13 bits per heavy atom. The van der Waals surface area contributed by atoms with Crippen LogP contribution >= 0.6 is 24.0 Å². The van der Waals surface area contributed by atoms with E-state index in [9.17, 15) is 0 Å². The highest BCUT2D eigenvalue weighted by Gasteiger charge is 2.22. The Morgan fingerprint density at radius 2 is 1.77 bits per heavy atom. The monoisotopic (exact) mass is 525 g/mol. The van der Waals surface area contributed by atoms with Crippen molar-refractivity contribution in [3.63, 3.8) is 0 Å². The van der Waals surface area contributed by atoms with Crippen LogP contribution in [0.3, 0.4) is 0 Å². The van der Waals surface area contributed by atoms with Crippen molar-refractivity contribution >= 4 is 35.9 Å². The normalized spacial score (nSPS) is 15.6. The summed E-state index contributed by atoms with van der Waals surface area (Å²) in [6.07, 6.45) is 3.57. The van der Waals surface area contributed by atoms with Gasteiger partial charge in [-0.1, -0.05) is 12.1 Å². The number of piperazine rings is 1. The second kappa shape index (κ2) is 11.9. The fourth-order valence-corrected chi connectivity index (χ4v) is 3.52. The summed E-state index contributed by atoms with van der Waals surface area (Å²) in [7, 11) is 7.72. The highest BCUT2D eigenvalue weighted by molar-refractivity contribution is 14.0. The fourth-order valence-electron chi connectivity index (χ4n) is 3.52. The van der Waals surface area contributed by atoms with E-state index in [0.717, 1.165) is 50.4 Å². The van der Waals surface area contributed by atoms with E-state index < -0.39 is 0 Å². The van der Waals surface area contributed by atoms with Crippen LogP contribution in [-0.4, -0.2) is 86.7 Å². The van der Waals surface area contributed by atoms with E-state index in [-0.39, 0.29) is 30.0 Å². The van der Waals surface area contributed by atoms with Crippen molar-refractivity contribution in [2.45, 2.75) is 6.04 Å². The summed E-state index contributed by atoms with van der Waals surface area (Å²) in [6, 6.07) is 10.3. The summed E-state index contributed by atoms with van der Waals surface area (Å²) in [6.45, 7) is 4.29. The number of aromatic nitrogens is 2. The number of aliphatic imine (C=N–C) groups is 1. The molecule has 1 N–H and O–H groups in total. The number of nitrogens with one attached hydrogen (secondary N) is 1. The molecule has 164 valence electrons. The van der Waals surface area contributed by atoms with Gasteiger partial charge in [0.15, 0.2) is 5.96 Å². The van der Waals surface area contributed by atoms with Gasteiger partial charge in [-0.05, 0) is 37.9 Å². The van der Waals surface area contributed by atoms with Crippen molar-refractivity contribution in [3.8, 4) is 5.75 Å². The molecule has 2 heterocycles. The van der Waals surface area contributed by atoms with Crippen molar-refractivity contribution in [2.75, 3.05) is 65.9 Å². The Kier molecular flexibility index (Phi) is 9.57. The van der Waals surface area contributed by atoms with Crippen molar-refractivity contribution in [3.05, 3.63) is 48.3 Å². The summed E-state index contributed by atoms with van der Waals surface area (Å²) in [4.78, 5) is 19.9. The molecule has 0 amide bonds. The molecule has 1 aliphatic rings. The van der Waals surface area contributed by atoms with Crippen LogP contribution in [0.15, 0.2) is 47.7 Å². The first-order valence-corrected chi connectivity index (χ1v) is 9.90. The molecule has 0 spiro atoms. The molecular formula is C21H32IN7O. The Labute approximate surface area is 196 Å². The van der Waals surface area contributed by atoms with Crippen molar-refractivity contribution < 1.29 is 4.74 Å². The Bertz CT molecular complexity index is 778. The number of hydrogen-bond donors (Lipinski definition) is 1. The number of nitrogens with zero attached hydrogens (tertiary/aromatic N) is 6. The molecule has 1 unspecified atom stereocenters. The first kappa shape index (κ1) is 24.1. The van der Waals surface area contributed by atoms with E-state index in [1.165, 1.54) is 5.56 Å². The van der Waals surface area contributed by atoms with Gasteiger partial charge in [0.2, 0.25) is 5.95 Å². The minimum atomic E-state index is 0. The molecule has 1 aromatic carbocycles. The molecule has 0 radical (unpaired) electrons. The van der Waals surface area contributed by atoms with Crippen LogP contribution in [0.5, 0.6) is 5.75 Å². The number of rotatable bonds is 6. The molecule has 1 aliphatic heterocycles. The molecule has 2 aromatic rings. The predicted octanol–water partition coefficient (Wildman–Crippen LogP) is 2.10. The number of anilines is 1. The Balaban J connectivity index is 0.00000320. The summed E-state index contributed by atoms with van der Waals surface area (Å²) in [5, 5.41) is 3.56. The average Bonchev–Trinajstić information content (AvgIpc) is 2.77. The number of benzene rings is 1. The third kappa shape index (κ3) is 6.18. The Hall–Kier alpha value is -2.14. The first-order valence-electron chi connectivity index (χ1n) is 9.90. The van der Waals surface area contributed by atoms with E-state index in [0.29, 0.717) is 0 Å². The number of halogens is 1. The summed E-state index contributed by atoms with van der Waals surface area (Å²) in [5.41, 5.74) is 1.24. The molecular weight excluding hydrogens is 493 g/mol. The van der Waals surface area contributed by atoms with Crippen LogP contribution in [0.25, 0.3) is 0 Å². The van der Waals surface area contributed by atoms with Gasteiger partial charge < -0.3 is 24.8 Å². The Morgan fingerprint density at radius 3 is 2.30 bits per heavy atom. The zero-order valence-electron chi connectivity index (χ0n) is 18.2. The van der Waals surface area contributed by atoms with Crippen LogP contribution in [0, 0.1) is 0 Å². The number of guanidine groups is 1. The van der Waals surface area contributed by atoms with Gasteiger partial charge in [-0.15, -0.1) is 24.0 Å². The van der Waals surface area contributed by atoms with Crippen LogP contribution in [0.4, 0.5) is 5.95 Å². The molecule has 30 heavy (non-hydrogen) atoms. The summed E-state index contributed by atoms with van der Waals surface area (Å²) in [5.74, 6) is 2.59. The van der Waals surface area contributed by atoms with Crippen LogP contribution in [0.2, 0.25) is 0 Å². The van der Waals surface area contributed by atoms with Crippen LogP contribution in [-0.2, 0) is 0 Å². The topological polar surface area (TPSA) is 69.1 Å².